The second kappa shape index (κ2) is 7.66. The van der Waals surface area contributed by atoms with E-state index in [1.165, 1.54) is 18.2 Å². The van der Waals surface area contributed by atoms with E-state index in [4.69, 9.17) is 16.1 Å². The maximum absolute atomic E-state index is 13.0. The standard InChI is InChI=1S/C20H14ClFN4O2/c21-16-12-26(11-13-4-2-1-3-5-13)24-19(16)23-20(27)17-10-18(28-25-17)14-6-8-15(22)9-7-14/h1-10,12H,11H2,(H,23,24,27). The molecule has 28 heavy (non-hydrogen) atoms. The molecule has 0 spiro atoms. The molecule has 4 rings (SSSR count). The molecule has 0 bridgehead atoms. The predicted molar refractivity (Wildman–Crippen MR) is 103 cm³/mol. The molecule has 2 aromatic carbocycles. The van der Waals surface area contributed by atoms with Gasteiger partial charge in [0.2, 0.25) is 0 Å². The number of nitrogens with zero attached hydrogens (tertiary/aromatic N) is 3. The molecule has 4 aromatic rings. The minimum atomic E-state index is -0.510. The first-order chi connectivity index (χ1) is 13.6. The van der Waals surface area contributed by atoms with Crippen molar-refractivity contribution in [2.45, 2.75) is 6.54 Å². The topological polar surface area (TPSA) is 73.0 Å². The molecule has 0 aliphatic carbocycles. The summed E-state index contributed by atoms with van der Waals surface area (Å²) < 4.78 is 19.8. The van der Waals surface area contributed by atoms with Crippen LogP contribution in [0.2, 0.25) is 5.02 Å². The number of aromatic nitrogens is 3. The Kier molecular flexibility index (Phi) is 4.90. The molecule has 8 heteroatoms. The first-order valence-corrected chi connectivity index (χ1v) is 8.77. The van der Waals surface area contributed by atoms with Crippen LogP contribution in [-0.2, 0) is 6.54 Å². The van der Waals surface area contributed by atoms with Gasteiger partial charge >= 0.3 is 0 Å². The van der Waals surface area contributed by atoms with Gasteiger partial charge in [0.05, 0.1) is 6.54 Å². The number of nitrogens with one attached hydrogen (secondary N) is 1. The first kappa shape index (κ1) is 17.9. The van der Waals surface area contributed by atoms with Crippen LogP contribution in [0, 0.1) is 5.82 Å². The van der Waals surface area contributed by atoms with E-state index < -0.39 is 5.91 Å². The van der Waals surface area contributed by atoms with Crippen molar-refractivity contribution in [3.63, 3.8) is 0 Å². The fourth-order valence-corrected chi connectivity index (χ4v) is 2.83. The van der Waals surface area contributed by atoms with Crippen molar-refractivity contribution in [1.82, 2.24) is 14.9 Å². The molecule has 140 valence electrons. The number of hydrogen-bond donors (Lipinski definition) is 1. The number of carbonyl (C=O) groups is 1. The predicted octanol–water partition coefficient (Wildman–Crippen LogP) is 4.63. The van der Waals surface area contributed by atoms with Crippen LogP contribution >= 0.6 is 11.6 Å². The average Bonchev–Trinajstić information content (AvgIpc) is 3.31. The quantitative estimate of drug-likeness (QED) is 0.533. The minimum absolute atomic E-state index is 0.0630. The van der Waals surface area contributed by atoms with Crippen molar-refractivity contribution in [2.24, 2.45) is 0 Å². The molecule has 0 aliphatic heterocycles. The zero-order valence-electron chi connectivity index (χ0n) is 14.5. The van der Waals surface area contributed by atoms with Crippen LogP contribution < -0.4 is 5.32 Å². The molecular formula is C20H14ClFN4O2. The van der Waals surface area contributed by atoms with Gasteiger partial charge in [0.1, 0.15) is 10.8 Å². The molecule has 1 amide bonds. The Morgan fingerprint density at radius 1 is 1.14 bits per heavy atom. The minimum Gasteiger partial charge on any atom is -0.355 e. The summed E-state index contributed by atoms with van der Waals surface area (Å²) in [5, 5.41) is 11.0. The zero-order chi connectivity index (χ0) is 19.5. The van der Waals surface area contributed by atoms with Crippen molar-refractivity contribution in [1.29, 1.82) is 0 Å². The highest BCUT2D eigenvalue weighted by Crippen LogP contribution is 2.23. The smallest absolute Gasteiger partial charge is 0.279 e. The SMILES string of the molecule is O=C(Nc1nn(Cc2ccccc2)cc1Cl)c1cc(-c2ccc(F)cc2)on1. The molecular weight excluding hydrogens is 383 g/mol. The maximum atomic E-state index is 13.0. The van der Waals surface area contributed by atoms with E-state index in [1.54, 1.807) is 23.0 Å². The highest BCUT2D eigenvalue weighted by molar-refractivity contribution is 6.33. The number of benzene rings is 2. The Labute approximate surface area is 164 Å². The number of rotatable bonds is 5. The van der Waals surface area contributed by atoms with Crippen LogP contribution in [0.3, 0.4) is 0 Å². The molecule has 0 aliphatic rings. The summed E-state index contributed by atoms with van der Waals surface area (Å²) in [6, 6.07) is 16.9. The molecule has 2 heterocycles. The van der Waals surface area contributed by atoms with Crippen LogP contribution in [0.1, 0.15) is 16.1 Å². The van der Waals surface area contributed by atoms with Gasteiger partial charge in [-0.3, -0.25) is 9.48 Å². The Bertz CT molecular complexity index is 1110. The lowest BCUT2D eigenvalue weighted by Crippen LogP contribution is -2.13. The van der Waals surface area contributed by atoms with Gasteiger partial charge in [-0.1, -0.05) is 47.1 Å². The maximum Gasteiger partial charge on any atom is 0.279 e. The second-order valence-electron chi connectivity index (χ2n) is 6.05. The van der Waals surface area contributed by atoms with Gasteiger partial charge in [0.25, 0.3) is 5.91 Å². The lowest BCUT2D eigenvalue weighted by molar-refractivity contribution is 0.101. The number of hydrogen-bond acceptors (Lipinski definition) is 4. The van der Waals surface area contributed by atoms with Gasteiger partial charge in [-0.05, 0) is 29.8 Å². The largest absolute Gasteiger partial charge is 0.355 e. The van der Waals surface area contributed by atoms with Gasteiger partial charge in [0, 0.05) is 17.8 Å². The summed E-state index contributed by atoms with van der Waals surface area (Å²) in [7, 11) is 0. The molecule has 0 fully saturated rings. The molecule has 0 saturated heterocycles. The van der Waals surface area contributed by atoms with E-state index in [0.717, 1.165) is 5.56 Å². The normalized spacial score (nSPS) is 10.8. The van der Waals surface area contributed by atoms with Crippen LogP contribution in [0.25, 0.3) is 11.3 Å². The van der Waals surface area contributed by atoms with Gasteiger partial charge < -0.3 is 9.84 Å². The van der Waals surface area contributed by atoms with Gasteiger partial charge in [-0.25, -0.2) is 4.39 Å². The van der Waals surface area contributed by atoms with Gasteiger partial charge in [-0.2, -0.15) is 5.10 Å². The van der Waals surface area contributed by atoms with Gasteiger partial charge in [-0.15, -0.1) is 0 Å². The molecule has 0 atom stereocenters. The van der Waals surface area contributed by atoms with E-state index in [2.05, 4.69) is 15.6 Å². The lowest BCUT2D eigenvalue weighted by Gasteiger charge is -2.01. The van der Waals surface area contributed by atoms with Crippen molar-refractivity contribution in [3.05, 3.63) is 89.0 Å². The molecule has 0 unspecified atom stereocenters. The Hall–Kier alpha value is -3.45. The lowest BCUT2D eigenvalue weighted by atomic mass is 10.1. The zero-order valence-corrected chi connectivity index (χ0v) is 15.2. The van der Waals surface area contributed by atoms with E-state index >= 15 is 0 Å². The number of anilines is 1. The second-order valence-corrected chi connectivity index (χ2v) is 6.45. The van der Waals surface area contributed by atoms with E-state index in [-0.39, 0.29) is 17.3 Å². The molecule has 2 aromatic heterocycles. The van der Waals surface area contributed by atoms with Gasteiger partial charge in [0.15, 0.2) is 17.3 Å². The van der Waals surface area contributed by atoms with E-state index in [0.29, 0.717) is 22.9 Å². The number of carbonyl (C=O) groups excluding carboxylic acids is 1. The van der Waals surface area contributed by atoms with Crippen molar-refractivity contribution < 1.29 is 13.7 Å². The summed E-state index contributed by atoms with van der Waals surface area (Å²) in [4.78, 5) is 12.4. The van der Waals surface area contributed by atoms with Crippen molar-refractivity contribution >= 4 is 23.3 Å². The van der Waals surface area contributed by atoms with Crippen LogP contribution in [0.5, 0.6) is 0 Å². The summed E-state index contributed by atoms with van der Waals surface area (Å²) in [6.45, 7) is 0.523. The summed E-state index contributed by atoms with van der Waals surface area (Å²) in [5.74, 6) is -0.286. The third kappa shape index (κ3) is 3.94. The first-order valence-electron chi connectivity index (χ1n) is 8.39. The molecule has 6 nitrogen and oxygen atoms in total. The van der Waals surface area contributed by atoms with E-state index in [1.807, 2.05) is 30.3 Å². The summed E-state index contributed by atoms with van der Waals surface area (Å²) in [6.07, 6.45) is 1.64. The highest BCUT2D eigenvalue weighted by atomic mass is 35.5. The average molecular weight is 397 g/mol. The third-order valence-corrected chi connectivity index (χ3v) is 4.28. The molecule has 1 N–H and O–H groups in total. The number of halogens is 2. The van der Waals surface area contributed by atoms with Crippen LogP contribution in [0.15, 0.2) is 71.4 Å². The Morgan fingerprint density at radius 2 is 1.89 bits per heavy atom. The summed E-state index contributed by atoms with van der Waals surface area (Å²) in [5.41, 5.74) is 1.73. The fourth-order valence-electron chi connectivity index (χ4n) is 2.64. The fraction of sp³-hybridized carbons (Fsp3) is 0.0500. The highest BCUT2D eigenvalue weighted by Gasteiger charge is 2.17. The molecule has 0 saturated carbocycles. The van der Waals surface area contributed by atoms with Crippen LogP contribution in [-0.4, -0.2) is 20.8 Å². The Morgan fingerprint density at radius 3 is 2.64 bits per heavy atom. The van der Waals surface area contributed by atoms with Crippen LogP contribution in [0.4, 0.5) is 10.2 Å². The Balaban J connectivity index is 1.47. The van der Waals surface area contributed by atoms with E-state index in [9.17, 15) is 9.18 Å². The number of amides is 1. The summed E-state index contributed by atoms with van der Waals surface area (Å²) >= 11 is 6.18. The monoisotopic (exact) mass is 396 g/mol. The molecule has 0 radical (unpaired) electrons. The third-order valence-electron chi connectivity index (χ3n) is 4.01. The van der Waals surface area contributed by atoms with Crippen molar-refractivity contribution in [2.75, 3.05) is 5.32 Å². The van der Waals surface area contributed by atoms with Crippen molar-refractivity contribution in [3.8, 4) is 11.3 Å².